The maximum Gasteiger partial charge on any atom is 0.310 e. The quantitative estimate of drug-likeness (QED) is 0.808. The summed E-state index contributed by atoms with van der Waals surface area (Å²) in [6, 6.07) is 13.0. The minimum atomic E-state index is -0.428. The summed E-state index contributed by atoms with van der Waals surface area (Å²) >= 11 is 3.33. The number of ether oxygens (including phenoxy) is 1. The van der Waals surface area contributed by atoms with Crippen LogP contribution in [0.5, 0.6) is 0 Å². The SMILES string of the molecule is Cc1ccc(NC(=O)COC(=O)Cc2ccc(Br)cc2)cc1C. The van der Waals surface area contributed by atoms with Crippen molar-refractivity contribution in [2.24, 2.45) is 0 Å². The highest BCUT2D eigenvalue weighted by atomic mass is 79.9. The normalized spacial score (nSPS) is 10.2. The van der Waals surface area contributed by atoms with E-state index < -0.39 is 5.97 Å². The highest BCUT2D eigenvalue weighted by Gasteiger charge is 2.09. The van der Waals surface area contributed by atoms with Crippen LogP contribution in [-0.4, -0.2) is 18.5 Å². The molecule has 0 fully saturated rings. The number of anilines is 1. The fraction of sp³-hybridized carbons (Fsp3) is 0.222. The molecule has 0 saturated carbocycles. The van der Waals surface area contributed by atoms with Crippen molar-refractivity contribution < 1.29 is 14.3 Å². The maximum absolute atomic E-state index is 11.8. The summed E-state index contributed by atoms with van der Waals surface area (Å²) in [4.78, 5) is 23.6. The third-order valence-electron chi connectivity index (χ3n) is 3.42. The van der Waals surface area contributed by atoms with Gasteiger partial charge in [0.25, 0.3) is 5.91 Å². The van der Waals surface area contributed by atoms with Gasteiger partial charge in [-0.3, -0.25) is 9.59 Å². The Hall–Kier alpha value is -2.14. The van der Waals surface area contributed by atoms with Crippen LogP contribution in [0.4, 0.5) is 5.69 Å². The average molecular weight is 376 g/mol. The van der Waals surface area contributed by atoms with Gasteiger partial charge in [0.2, 0.25) is 0 Å². The highest BCUT2D eigenvalue weighted by molar-refractivity contribution is 9.10. The lowest BCUT2D eigenvalue weighted by Gasteiger charge is -2.08. The van der Waals surface area contributed by atoms with E-state index in [1.807, 2.05) is 56.3 Å². The summed E-state index contributed by atoms with van der Waals surface area (Å²) in [5.74, 6) is -0.778. The lowest BCUT2D eigenvalue weighted by atomic mass is 10.1. The van der Waals surface area contributed by atoms with E-state index in [1.54, 1.807) is 0 Å². The van der Waals surface area contributed by atoms with Gasteiger partial charge in [-0.25, -0.2) is 0 Å². The lowest BCUT2D eigenvalue weighted by Crippen LogP contribution is -2.21. The number of carbonyl (C=O) groups excluding carboxylic acids is 2. The molecule has 0 unspecified atom stereocenters. The minimum absolute atomic E-state index is 0.143. The van der Waals surface area contributed by atoms with E-state index in [2.05, 4.69) is 21.2 Å². The first-order valence-electron chi connectivity index (χ1n) is 7.21. The number of carbonyl (C=O) groups is 2. The second-order valence-corrected chi connectivity index (χ2v) is 6.23. The molecule has 0 radical (unpaired) electrons. The summed E-state index contributed by atoms with van der Waals surface area (Å²) < 4.78 is 5.95. The van der Waals surface area contributed by atoms with Gasteiger partial charge in [-0.15, -0.1) is 0 Å². The fourth-order valence-corrected chi connectivity index (χ4v) is 2.25. The Labute approximate surface area is 144 Å². The van der Waals surface area contributed by atoms with Crippen LogP contribution in [0.1, 0.15) is 16.7 Å². The van der Waals surface area contributed by atoms with Gasteiger partial charge in [-0.05, 0) is 54.8 Å². The molecule has 2 aromatic rings. The maximum atomic E-state index is 11.8. The van der Waals surface area contributed by atoms with Crippen molar-refractivity contribution in [2.45, 2.75) is 20.3 Å². The van der Waals surface area contributed by atoms with E-state index in [0.29, 0.717) is 5.69 Å². The third kappa shape index (κ3) is 5.53. The number of hydrogen-bond donors (Lipinski definition) is 1. The van der Waals surface area contributed by atoms with Crippen LogP contribution in [-0.2, 0) is 20.7 Å². The number of benzene rings is 2. The van der Waals surface area contributed by atoms with Gasteiger partial charge in [-0.2, -0.15) is 0 Å². The molecule has 23 heavy (non-hydrogen) atoms. The molecule has 0 spiro atoms. The smallest absolute Gasteiger partial charge is 0.310 e. The molecule has 0 aliphatic carbocycles. The monoisotopic (exact) mass is 375 g/mol. The van der Waals surface area contributed by atoms with Crippen LogP contribution < -0.4 is 5.32 Å². The average Bonchev–Trinajstić information content (AvgIpc) is 2.51. The molecule has 0 aromatic heterocycles. The molecule has 4 nitrogen and oxygen atoms in total. The molecule has 2 rings (SSSR count). The molecule has 5 heteroatoms. The zero-order valence-corrected chi connectivity index (χ0v) is 14.6. The molecule has 1 N–H and O–H groups in total. The van der Waals surface area contributed by atoms with Crippen LogP contribution in [0.2, 0.25) is 0 Å². The highest BCUT2D eigenvalue weighted by Crippen LogP contribution is 2.14. The second kappa shape index (κ2) is 7.92. The molecular weight excluding hydrogens is 358 g/mol. The molecule has 0 aliphatic rings. The molecule has 0 aliphatic heterocycles. The number of amides is 1. The number of rotatable bonds is 5. The number of aryl methyl sites for hydroxylation is 2. The van der Waals surface area contributed by atoms with Crippen LogP contribution in [0, 0.1) is 13.8 Å². The molecule has 1 amide bonds. The van der Waals surface area contributed by atoms with Crippen molar-refractivity contribution in [3.63, 3.8) is 0 Å². The van der Waals surface area contributed by atoms with E-state index >= 15 is 0 Å². The molecular formula is C18H18BrNO3. The Kier molecular flexibility index (Phi) is 5.93. The van der Waals surface area contributed by atoms with E-state index in [4.69, 9.17) is 4.74 Å². The van der Waals surface area contributed by atoms with E-state index in [1.165, 1.54) is 0 Å². The first kappa shape index (κ1) is 17.2. The van der Waals surface area contributed by atoms with Crippen molar-refractivity contribution >= 4 is 33.5 Å². The van der Waals surface area contributed by atoms with Gasteiger partial charge >= 0.3 is 5.97 Å². The fourth-order valence-electron chi connectivity index (χ4n) is 1.98. The van der Waals surface area contributed by atoms with Crippen molar-refractivity contribution in [3.05, 3.63) is 63.6 Å². The zero-order valence-electron chi connectivity index (χ0n) is 13.1. The minimum Gasteiger partial charge on any atom is -0.455 e. The van der Waals surface area contributed by atoms with Gasteiger partial charge in [0, 0.05) is 10.2 Å². The Morgan fingerprint density at radius 2 is 1.74 bits per heavy atom. The lowest BCUT2D eigenvalue weighted by molar-refractivity contribution is -0.146. The van der Waals surface area contributed by atoms with Crippen LogP contribution in [0.15, 0.2) is 46.9 Å². The molecule has 0 heterocycles. The summed E-state index contributed by atoms with van der Waals surface area (Å²) in [6.07, 6.45) is 0.143. The van der Waals surface area contributed by atoms with Gasteiger partial charge < -0.3 is 10.1 Å². The van der Waals surface area contributed by atoms with Crippen molar-refractivity contribution in [1.82, 2.24) is 0 Å². The molecule has 120 valence electrons. The van der Waals surface area contributed by atoms with E-state index in [9.17, 15) is 9.59 Å². The first-order chi connectivity index (χ1) is 10.9. The molecule has 0 atom stereocenters. The standard InChI is InChI=1S/C18H18BrNO3/c1-12-3-8-16(9-13(12)2)20-17(21)11-23-18(22)10-14-4-6-15(19)7-5-14/h3-9H,10-11H2,1-2H3,(H,20,21). The van der Waals surface area contributed by atoms with Crippen LogP contribution in [0.3, 0.4) is 0 Å². The van der Waals surface area contributed by atoms with E-state index in [0.717, 1.165) is 21.2 Å². The van der Waals surface area contributed by atoms with Crippen LogP contribution >= 0.6 is 15.9 Å². The Morgan fingerprint density at radius 1 is 1.04 bits per heavy atom. The first-order valence-corrected chi connectivity index (χ1v) is 8.00. The predicted molar refractivity (Wildman–Crippen MR) is 93.4 cm³/mol. The van der Waals surface area contributed by atoms with Gasteiger partial charge in [0.05, 0.1) is 6.42 Å². The van der Waals surface area contributed by atoms with Crippen molar-refractivity contribution in [1.29, 1.82) is 0 Å². The van der Waals surface area contributed by atoms with Gasteiger partial charge in [0.1, 0.15) is 0 Å². The van der Waals surface area contributed by atoms with Crippen molar-refractivity contribution in [2.75, 3.05) is 11.9 Å². The summed E-state index contributed by atoms with van der Waals surface area (Å²) in [5, 5.41) is 2.71. The van der Waals surface area contributed by atoms with Gasteiger partial charge in [0.15, 0.2) is 6.61 Å². The number of esters is 1. The topological polar surface area (TPSA) is 55.4 Å². The largest absolute Gasteiger partial charge is 0.455 e. The number of hydrogen-bond acceptors (Lipinski definition) is 3. The Morgan fingerprint density at radius 3 is 2.39 bits per heavy atom. The summed E-state index contributed by atoms with van der Waals surface area (Å²) in [6.45, 7) is 3.69. The van der Waals surface area contributed by atoms with Crippen LogP contribution in [0.25, 0.3) is 0 Å². The zero-order chi connectivity index (χ0) is 16.8. The number of nitrogens with one attached hydrogen (secondary N) is 1. The Bertz CT molecular complexity index is 711. The summed E-state index contributed by atoms with van der Waals surface area (Å²) in [7, 11) is 0. The molecule has 2 aromatic carbocycles. The van der Waals surface area contributed by atoms with Gasteiger partial charge in [-0.1, -0.05) is 34.1 Å². The second-order valence-electron chi connectivity index (χ2n) is 5.31. The third-order valence-corrected chi connectivity index (χ3v) is 3.95. The van der Waals surface area contributed by atoms with Crippen molar-refractivity contribution in [3.8, 4) is 0 Å². The summed E-state index contributed by atoms with van der Waals surface area (Å²) in [5.41, 5.74) is 3.79. The van der Waals surface area contributed by atoms with E-state index in [-0.39, 0.29) is 18.9 Å². The number of halogens is 1. The molecule has 0 saturated heterocycles. The Balaban J connectivity index is 1.80. The predicted octanol–water partition coefficient (Wildman–Crippen LogP) is 3.79. The molecule has 0 bridgehead atoms.